The van der Waals surface area contributed by atoms with E-state index in [1.807, 2.05) is 29.2 Å². The predicted molar refractivity (Wildman–Crippen MR) is 98.6 cm³/mol. The highest BCUT2D eigenvalue weighted by Crippen LogP contribution is 2.44. The van der Waals surface area contributed by atoms with Crippen molar-refractivity contribution in [3.63, 3.8) is 0 Å². The summed E-state index contributed by atoms with van der Waals surface area (Å²) in [6.45, 7) is 6.43. The van der Waals surface area contributed by atoms with E-state index >= 15 is 0 Å². The summed E-state index contributed by atoms with van der Waals surface area (Å²) < 4.78 is 4.90. The Morgan fingerprint density at radius 2 is 2.04 bits per heavy atom. The van der Waals surface area contributed by atoms with Crippen molar-refractivity contribution in [2.75, 3.05) is 23.9 Å². The van der Waals surface area contributed by atoms with Crippen LogP contribution in [0.3, 0.4) is 0 Å². The zero-order valence-corrected chi connectivity index (χ0v) is 15.4. The summed E-state index contributed by atoms with van der Waals surface area (Å²) in [6, 6.07) is 7.77. The van der Waals surface area contributed by atoms with Gasteiger partial charge in [0.05, 0.1) is 24.5 Å². The van der Waals surface area contributed by atoms with Crippen molar-refractivity contribution in [3.8, 4) is 0 Å². The van der Waals surface area contributed by atoms with Crippen molar-refractivity contribution in [2.24, 2.45) is 5.41 Å². The van der Waals surface area contributed by atoms with E-state index in [4.69, 9.17) is 4.74 Å². The first-order valence-corrected chi connectivity index (χ1v) is 8.82. The minimum atomic E-state index is -0.305. The van der Waals surface area contributed by atoms with Gasteiger partial charge in [0.2, 0.25) is 0 Å². The van der Waals surface area contributed by atoms with Crippen LogP contribution >= 0.6 is 0 Å². The Balaban J connectivity index is 2.14. The molecule has 0 amide bonds. The maximum atomic E-state index is 13.0. The topological polar surface area (TPSA) is 58.6 Å². The number of esters is 1. The van der Waals surface area contributed by atoms with Crippen molar-refractivity contribution >= 4 is 23.1 Å². The van der Waals surface area contributed by atoms with Gasteiger partial charge in [-0.25, -0.2) is 0 Å². The number of rotatable bonds is 3. The summed E-state index contributed by atoms with van der Waals surface area (Å²) in [5, 5.41) is 3.50. The van der Waals surface area contributed by atoms with Gasteiger partial charge in [0.25, 0.3) is 0 Å². The Labute approximate surface area is 149 Å². The minimum absolute atomic E-state index is 0.0618. The third-order valence-corrected chi connectivity index (χ3v) is 5.04. The third kappa shape index (κ3) is 3.28. The normalized spacial score (nSPS) is 21.8. The molecule has 1 atom stereocenters. The first kappa shape index (κ1) is 17.5. The number of Topliss-reactive ketones (excluding diaryl/α,β-unsaturated/α-hetero) is 1. The van der Waals surface area contributed by atoms with Gasteiger partial charge in [0.15, 0.2) is 5.78 Å². The molecule has 134 valence electrons. The molecule has 1 unspecified atom stereocenters. The fourth-order valence-electron chi connectivity index (χ4n) is 3.97. The monoisotopic (exact) mass is 342 g/mol. The van der Waals surface area contributed by atoms with Crippen molar-refractivity contribution < 1.29 is 14.3 Å². The average Bonchev–Trinajstić information content (AvgIpc) is 2.68. The number of methoxy groups -OCH3 is 1. The molecule has 0 saturated carbocycles. The number of benzene rings is 1. The van der Waals surface area contributed by atoms with Gasteiger partial charge in [-0.2, -0.15) is 0 Å². The largest absolute Gasteiger partial charge is 0.468 e. The molecular weight excluding hydrogens is 316 g/mol. The van der Waals surface area contributed by atoms with Gasteiger partial charge in [-0.3, -0.25) is 9.59 Å². The molecule has 0 radical (unpaired) electrons. The number of ether oxygens (including phenoxy) is 1. The Morgan fingerprint density at radius 1 is 1.32 bits per heavy atom. The predicted octanol–water partition coefficient (Wildman–Crippen LogP) is 3.51. The van der Waals surface area contributed by atoms with Crippen LogP contribution in [-0.4, -0.2) is 31.4 Å². The number of fused-ring (bicyclic) bond motifs is 1. The maximum absolute atomic E-state index is 13.0. The van der Waals surface area contributed by atoms with Gasteiger partial charge in [-0.15, -0.1) is 0 Å². The lowest BCUT2D eigenvalue weighted by molar-refractivity contribution is -0.139. The number of allylic oxidation sites excluding steroid dienone is 1. The number of para-hydroxylation sites is 2. The van der Waals surface area contributed by atoms with Gasteiger partial charge >= 0.3 is 5.97 Å². The second kappa shape index (κ2) is 6.54. The summed E-state index contributed by atoms with van der Waals surface area (Å²) in [5.41, 5.74) is 3.61. The Hall–Kier alpha value is -2.30. The van der Waals surface area contributed by atoms with Gasteiger partial charge in [0, 0.05) is 17.7 Å². The fraction of sp³-hybridized carbons (Fsp3) is 0.500. The average molecular weight is 342 g/mol. The van der Waals surface area contributed by atoms with Crippen LogP contribution < -0.4 is 10.2 Å². The summed E-state index contributed by atoms with van der Waals surface area (Å²) in [4.78, 5) is 27.0. The van der Waals surface area contributed by atoms with E-state index in [1.165, 1.54) is 7.11 Å². The molecule has 0 saturated heterocycles. The molecular formula is C20H26N2O3. The molecule has 5 heteroatoms. The van der Waals surface area contributed by atoms with Crippen LogP contribution in [0.15, 0.2) is 35.5 Å². The Morgan fingerprint density at radius 3 is 2.72 bits per heavy atom. The number of carbonyl (C=O) groups excluding carboxylic acids is 2. The number of hydrogen-bond donors (Lipinski definition) is 1. The molecule has 25 heavy (non-hydrogen) atoms. The van der Waals surface area contributed by atoms with Crippen molar-refractivity contribution in [3.05, 3.63) is 35.5 Å². The third-order valence-electron chi connectivity index (χ3n) is 5.04. The van der Waals surface area contributed by atoms with Gasteiger partial charge in [-0.1, -0.05) is 32.9 Å². The molecule has 5 nitrogen and oxygen atoms in total. The molecule has 1 heterocycles. The van der Waals surface area contributed by atoms with E-state index in [-0.39, 0.29) is 29.8 Å². The lowest BCUT2D eigenvalue weighted by atomic mass is 9.74. The van der Waals surface area contributed by atoms with Crippen LogP contribution in [0.2, 0.25) is 0 Å². The molecule has 0 aromatic heterocycles. The summed E-state index contributed by atoms with van der Waals surface area (Å²) in [6.07, 6.45) is 2.11. The van der Waals surface area contributed by atoms with Crippen LogP contribution in [0.5, 0.6) is 0 Å². The van der Waals surface area contributed by atoms with E-state index in [0.717, 1.165) is 35.5 Å². The molecule has 2 aliphatic rings. The zero-order valence-electron chi connectivity index (χ0n) is 15.4. The number of ketones is 1. The number of hydrogen-bond acceptors (Lipinski definition) is 5. The summed E-state index contributed by atoms with van der Waals surface area (Å²) >= 11 is 0. The van der Waals surface area contributed by atoms with Crippen LogP contribution in [-0.2, 0) is 14.3 Å². The van der Waals surface area contributed by atoms with E-state index in [0.29, 0.717) is 6.42 Å². The lowest BCUT2D eigenvalue weighted by Crippen LogP contribution is -2.43. The molecule has 0 bridgehead atoms. The van der Waals surface area contributed by atoms with Crippen LogP contribution in [0, 0.1) is 5.41 Å². The first-order chi connectivity index (χ1) is 11.9. The van der Waals surface area contributed by atoms with E-state index in [9.17, 15) is 9.59 Å². The fourth-order valence-corrected chi connectivity index (χ4v) is 3.97. The van der Waals surface area contributed by atoms with Crippen LogP contribution in [0.4, 0.5) is 11.4 Å². The van der Waals surface area contributed by atoms with Gasteiger partial charge < -0.3 is 15.0 Å². The van der Waals surface area contributed by atoms with Crippen molar-refractivity contribution in [1.29, 1.82) is 0 Å². The zero-order chi connectivity index (χ0) is 18.2. The molecule has 3 rings (SSSR count). The second-order valence-corrected chi connectivity index (χ2v) is 7.60. The molecule has 1 aliphatic heterocycles. The standard InChI is InChI=1S/C20H26N2O3/c1-5-15-19-14(10-20(2,3)11-17(19)23)21-13-8-6-7-9-16(13)22(15)12-18(24)25-4/h6-9,15,21H,5,10-12H2,1-4H3. The maximum Gasteiger partial charge on any atom is 0.325 e. The number of nitrogens with one attached hydrogen (secondary N) is 1. The molecule has 0 fully saturated rings. The molecule has 1 aromatic carbocycles. The quantitative estimate of drug-likeness (QED) is 0.852. The van der Waals surface area contributed by atoms with Crippen molar-refractivity contribution in [2.45, 2.75) is 46.1 Å². The molecule has 1 aromatic rings. The molecule has 1 aliphatic carbocycles. The summed E-state index contributed by atoms with van der Waals surface area (Å²) in [5.74, 6) is -0.130. The summed E-state index contributed by atoms with van der Waals surface area (Å²) in [7, 11) is 1.39. The highest BCUT2D eigenvalue weighted by molar-refractivity contribution is 6.01. The Bertz CT molecular complexity index is 736. The van der Waals surface area contributed by atoms with Gasteiger partial charge in [-0.05, 0) is 30.4 Å². The van der Waals surface area contributed by atoms with Crippen LogP contribution in [0.25, 0.3) is 0 Å². The van der Waals surface area contributed by atoms with Gasteiger partial charge in [0.1, 0.15) is 6.54 Å². The highest BCUT2D eigenvalue weighted by Gasteiger charge is 2.40. The lowest BCUT2D eigenvalue weighted by Gasteiger charge is -2.37. The number of nitrogens with zero attached hydrogens (tertiary/aromatic N) is 1. The molecule has 0 spiro atoms. The minimum Gasteiger partial charge on any atom is -0.468 e. The van der Waals surface area contributed by atoms with E-state index in [2.05, 4.69) is 26.1 Å². The number of anilines is 2. The SMILES string of the molecule is CCC1C2=C(CC(C)(C)CC2=O)Nc2ccccc2N1CC(=O)OC. The Kier molecular flexibility index (Phi) is 4.58. The van der Waals surface area contributed by atoms with E-state index < -0.39 is 0 Å². The van der Waals surface area contributed by atoms with E-state index in [1.54, 1.807) is 0 Å². The number of carbonyl (C=O) groups is 2. The second-order valence-electron chi connectivity index (χ2n) is 7.60. The molecule has 1 N–H and O–H groups in total. The van der Waals surface area contributed by atoms with Crippen LogP contribution in [0.1, 0.15) is 40.0 Å². The smallest absolute Gasteiger partial charge is 0.325 e. The highest BCUT2D eigenvalue weighted by atomic mass is 16.5. The first-order valence-electron chi connectivity index (χ1n) is 8.82. The van der Waals surface area contributed by atoms with Crippen molar-refractivity contribution in [1.82, 2.24) is 0 Å².